The van der Waals surface area contributed by atoms with E-state index in [-0.39, 0.29) is 24.6 Å². The Labute approximate surface area is 249 Å². The molecule has 1 unspecified atom stereocenters. The number of halogens is 2. The number of nitrogens with zero attached hydrogens (tertiary/aromatic N) is 2. The number of ether oxygens (including phenoxy) is 2. The molecule has 12 heteroatoms. The quantitative estimate of drug-likeness (QED) is 0.198. The van der Waals surface area contributed by atoms with E-state index in [1.807, 2.05) is 24.3 Å². The lowest BCUT2D eigenvalue weighted by Crippen LogP contribution is -2.58. The fourth-order valence-electron chi connectivity index (χ4n) is 3.96. The number of anilines is 1. The van der Waals surface area contributed by atoms with E-state index in [1.165, 1.54) is 24.1 Å². The van der Waals surface area contributed by atoms with Crippen molar-refractivity contribution >= 4 is 58.9 Å². The number of pyridine rings is 1. The number of amides is 3. The maximum atomic E-state index is 13.8. The van der Waals surface area contributed by atoms with Crippen LogP contribution < -0.4 is 10.6 Å². The summed E-state index contributed by atoms with van der Waals surface area (Å²) in [4.78, 5) is 44.1. The fourth-order valence-corrected chi connectivity index (χ4v) is 4.49. The smallest absolute Gasteiger partial charge is 0.412 e. The predicted octanol–water partition coefficient (Wildman–Crippen LogP) is 6.21. The predicted molar refractivity (Wildman–Crippen MR) is 160 cm³/mol. The molecule has 0 aliphatic rings. The first kappa shape index (κ1) is 32.0. The van der Waals surface area contributed by atoms with Crippen molar-refractivity contribution in [3.05, 3.63) is 71.1 Å². The first-order valence-electron chi connectivity index (χ1n) is 12.8. The minimum Gasteiger partial charge on any atom is -0.460 e. The zero-order chi connectivity index (χ0) is 30.4. The number of thiol groups is 1. The summed E-state index contributed by atoms with van der Waals surface area (Å²) in [6, 6.07) is 13.0. The van der Waals surface area contributed by atoms with Gasteiger partial charge in [-0.3, -0.25) is 10.1 Å². The van der Waals surface area contributed by atoms with Gasteiger partial charge in [0, 0.05) is 25.2 Å². The number of rotatable bonds is 9. The molecule has 220 valence electrons. The number of carbonyl (C=O) groups is 3. The average molecular weight is 605 g/mol. The second-order valence-electron chi connectivity index (χ2n) is 10.7. The normalized spacial score (nSPS) is 13.6. The monoisotopic (exact) mass is 604 g/mol. The molecule has 3 amide bonds. The summed E-state index contributed by atoms with van der Waals surface area (Å²) < 4.78 is 24.7. The van der Waals surface area contributed by atoms with Crippen LogP contribution in [0.4, 0.5) is 19.8 Å². The van der Waals surface area contributed by atoms with Gasteiger partial charge in [0.2, 0.25) is 0 Å². The molecule has 0 aliphatic heterocycles. The molecule has 0 saturated heterocycles. The number of esters is 1. The third-order valence-electron chi connectivity index (χ3n) is 6.41. The Morgan fingerprint density at radius 1 is 1.10 bits per heavy atom. The van der Waals surface area contributed by atoms with Crippen LogP contribution in [0.3, 0.4) is 0 Å². The molecule has 2 atom stereocenters. The SMILES string of the molecule is CN(C(=O)NCc1cccc(F)c1Cl)[C@](C)(CC(=O)OC(C)(C)C)C(S)COC(=O)Nc1cc2ccccc2cn1. The Balaban J connectivity index is 1.71. The van der Waals surface area contributed by atoms with Crippen molar-refractivity contribution in [3.63, 3.8) is 0 Å². The average Bonchev–Trinajstić information content (AvgIpc) is 2.90. The highest BCUT2D eigenvalue weighted by atomic mass is 35.5. The van der Waals surface area contributed by atoms with Gasteiger partial charge in [-0.05, 0) is 50.8 Å². The molecule has 0 spiro atoms. The van der Waals surface area contributed by atoms with Gasteiger partial charge in [-0.25, -0.2) is 19.0 Å². The zero-order valence-corrected chi connectivity index (χ0v) is 25.2. The molecule has 0 bridgehead atoms. The number of urea groups is 1. The van der Waals surface area contributed by atoms with Gasteiger partial charge in [0.15, 0.2) is 0 Å². The van der Waals surface area contributed by atoms with Gasteiger partial charge in [0.25, 0.3) is 0 Å². The van der Waals surface area contributed by atoms with Crippen LogP contribution in [0.2, 0.25) is 5.02 Å². The maximum absolute atomic E-state index is 13.8. The third-order valence-corrected chi connectivity index (χ3v) is 7.53. The fraction of sp³-hybridized carbons (Fsp3) is 0.379. The van der Waals surface area contributed by atoms with Crippen molar-refractivity contribution in [1.29, 1.82) is 0 Å². The minimum atomic E-state index is -1.28. The Morgan fingerprint density at radius 2 is 1.78 bits per heavy atom. The van der Waals surface area contributed by atoms with E-state index in [2.05, 4.69) is 28.2 Å². The highest BCUT2D eigenvalue weighted by Crippen LogP contribution is 2.29. The number of aromatic nitrogens is 1. The van der Waals surface area contributed by atoms with Crippen LogP contribution in [0.15, 0.2) is 54.7 Å². The Kier molecular flexibility index (Phi) is 10.4. The molecule has 2 N–H and O–H groups in total. The van der Waals surface area contributed by atoms with Crippen LogP contribution in [-0.2, 0) is 20.8 Å². The molecule has 3 rings (SSSR count). The molecule has 1 aromatic heterocycles. The molecular weight excluding hydrogens is 571 g/mol. The van der Waals surface area contributed by atoms with E-state index in [0.717, 1.165) is 10.8 Å². The molecule has 0 saturated carbocycles. The van der Waals surface area contributed by atoms with Crippen molar-refractivity contribution in [3.8, 4) is 0 Å². The van der Waals surface area contributed by atoms with Gasteiger partial charge >= 0.3 is 18.1 Å². The number of carbonyl (C=O) groups excluding carboxylic acids is 3. The summed E-state index contributed by atoms with van der Waals surface area (Å²) >= 11 is 10.6. The molecule has 0 radical (unpaired) electrons. The van der Waals surface area contributed by atoms with Crippen LogP contribution in [0.25, 0.3) is 10.8 Å². The first-order chi connectivity index (χ1) is 19.2. The van der Waals surface area contributed by atoms with Crippen molar-refractivity contribution in [2.75, 3.05) is 19.0 Å². The van der Waals surface area contributed by atoms with E-state index in [9.17, 15) is 18.8 Å². The Bertz CT molecular complexity index is 1420. The van der Waals surface area contributed by atoms with Gasteiger partial charge in [0.1, 0.15) is 23.8 Å². The summed E-state index contributed by atoms with van der Waals surface area (Å²) in [6.07, 6.45) is 0.606. The summed E-state index contributed by atoms with van der Waals surface area (Å²) in [7, 11) is 1.48. The molecule has 1 heterocycles. The van der Waals surface area contributed by atoms with Crippen molar-refractivity contribution in [1.82, 2.24) is 15.2 Å². The van der Waals surface area contributed by atoms with Gasteiger partial charge in [0.05, 0.1) is 22.2 Å². The zero-order valence-electron chi connectivity index (χ0n) is 23.5. The second-order valence-corrected chi connectivity index (χ2v) is 11.7. The van der Waals surface area contributed by atoms with Crippen molar-refractivity contribution in [2.24, 2.45) is 0 Å². The lowest BCUT2D eigenvalue weighted by molar-refractivity contribution is -0.157. The largest absolute Gasteiger partial charge is 0.460 e. The molecule has 41 heavy (non-hydrogen) atoms. The number of nitrogens with one attached hydrogen (secondary N) is 2. The van der Waals surface area contributed by atoms with Crippen LogP contribution >= 0.6 is 24.2 Å². The van der Waals surface area contributed by atoms with Crippen molar-refractivity contribution in [2.45, 2.75) is 57.1 Å². The van der Waals surface area contributed by atoms with E-state index >= 15 is 0 Å². The van der Waals surface area contributed by atoms with Gasteiger partial charge < -0.3 is 19.7 Å². The molecule has 2 aromatic carbocycles. The third kappa shape index (κ3) is 8.71. The number of hydrogen-bond acceptors (Lipinski definition) is 7. The molecule has 9 nitrogen and oxygen atoms in total. The number of hydrogen-bond donors (Lipinski definition) is 3. The Morgan fingerprint density at radius 3 is 2.46 bits per heavy atom. The van der Waals surface area contributed by atoms with Gasteiger partial charge in [-0.2, -0.15) is 12.6 Å². The van der Waals surface area contributed by atoms with Gasteiger partial charge in [-0.15, -0.1) is 0 Å². The standard InChI is InChI=1S/C29H34ClFN4O5S/c1-28(2,3)40-24(36)14-29(4,35(5)26(37)33-16-20-11-8-12-21(31)25(20)30)22(41)17-39-27(38)34-23-13-18-9-6-7-10-19(18)15-32-23/h6-13,15,22,41H,14,16-17H2,1-5H3,(H,33,37)(H,32,34,38)/t22?,29-/m1/s1. The van der Waals surface area contributed by atoms with E-state index in [1.54, 1.807) is 46.0 Å². The van der Waals surface area contributed by atoms with Crippen molar-refractivity contribution < 1.29 is 28.2 Å². The maximum Gasteiger partial charge on any atom is 0.412 e. The van der Waals surface area contributed by atoms with Gasteiger partial charge in [-0.1, -0.05) is 48.0 Å². The topological polar surface area (TPSA) is 110 Å². The van der Waals surface area contributed by atoms with Crippen LogP contribution in [0, 0.1) is 5.82 Å². The van der Waals surface area contributed by atoms with E-state index in [0.29, 0.717) is 11.4 Å². The summed E-state index contributed by atoms with van der Waals surface area (Å²) in [5.41, 5.74) is -1.66. The Hall–Kier alpha value is -3.57. The van der Waals surface area contributed by atoms with Crippen LogP contribution in [-0.4, -0.2) is 58.0 Å². The summed E-state index contributed by atoms with van der Waals surface area (Å²) in [5, 5.41) is 6.15. The number of fused-ring (bicyclic) bond motifs is 1. The van der Waals surface area contributed by atoms with E-state index in [4.69, 9.17) is 21.1 Å². The minimum absolute atomic E-state index is 0.0583. The molecular formula is C29H34ClFN4O5S. The number of benzene rings is 2. The lowest BCUT2D eigenvalue weighted by atomic mass is 9.91. The second kappa shape index (κ2) is 13.4. The van der Waals surface area contributed by atoms with Crippen LogP contribution in [0.5, 0.6) is 0 Å². The first-order valence-corrected chi connectivity index (χ1v) is 13.7. The lowest BCUT2D eigenvalue weighted by Gasteiger charge is -2.42. The molecule has 3 aromatic rings. The molecule has 0 fully saturated rings. The summed E-state index contributed by atoms with van der Waals surface area (Å²) in [6.45, 7) is 6.51. The summed E-state index contributed by atoms with van der Waals surface area (Å²) in [5.74, 6) is -0.878. The highest BCUT2D eigenvalue weighted by Gasteiger charge is 2.42. The highest BCUT2D eigenvalue weighted by molar-refractivity contribution is 7.81. The van der Waals surface area contributed by atoms with E-state index < -0.39 is 40.3 Å². The van der Waals surface area contributed by atoms with Crippen LogP contribution in [0.1, 0.15) is 39.7 Å². The molecule has 0 aliphatic carbocycles.